The first kappa shape index (κ1) is 25.2. The number of ether oxygens (including phenoxy) is 2. The highest BCUT2D eigenvalue weighted by atomic mass is 19.1. The van der Waals surface area contributed by atoms with Gasteiger partial charge in [0.1, 0.15) is 17.7 Å². The molecular formula is C27H31FN2O4. The third-order valence-corrected chi connectivity index (χ3v) is 5.75. The van der Waals surface area contributed by atoms with E-state index in [-0.39, 0.29) is 30.7 Å². The van der Waals surface area contributed by atoms with Crippen LogP contribution in [-0.2, 0) is 4.74 Å². The molecule has 7 heteroatoms. The highest BCUT2D eigenvalue weighted by molar-refractivity contribution is 5.69. The first-order valence-electron chi connectivity index (χ1n) is 11.4. The fraction of sp³-hybridized carbons (Fsp3) is 0.333. The van der Waals surface area contributed by atoms with Crippen LogP contribution in [0.15, 0.2) is 73.1 Å². The van der Waals surface area contributed by atoms with Crippen LogP contribution in [0.2, 0.25) is 0 Å². The topological polar surface area (TPSA) is 71.9 Å². The van der Waals surface area contributed by atoms with Gasteiger partial charge in [-0.15, -0.1) is 0 Å². The van der Waals surface area contributed by atoms with E-state index in [1.807, 2.05) is 37.3 Å². The highest BCUT2D eigenvalue weighted by Crippen LogP contribution is 2.29. The van der Waals surface area contributed by atoms with Gasteiger partial charge in [0.15, 0.2) is 0 Å². The van der Waals surface area contributed by atoms with Gasteiger partial charge in [-0.2, -0.15) is 0 Å². The number of rotatable bonds is 7. The molecule has 0 bridgehead atoms. The molecule has 1 saturated heterocycles. The number of carbonyl (C=O) groups is 1. The lowest BCUT2D eigenvalue weighted by atomic mass is 10.0. The Labute approximate surface area is 200 Å². The van der Waals surface area contributed by atoms with Crippen molar-refractivity contribution in [3.63, 3.8) is 0 Å². The standard InChI is InChI=1S/C21H26N2O4.C6H5F/c1-15(23-10-9-19(4-3-11-24)27-21(23)25)16-5-7-17(8-6-16)18-12-20(26-2)14-22-13-18;7-6-4-2-1-3-5-6/h5-8,12-15,19,24H,3-4,9-11H2,1-2H3;1-5H. The Morgan fingerprint density at radius 2 is 1.88 bits per heavy atom. The Kier molecular flexibility index (Phi) is 9.40. The van der Waals surface area contributed by atoms with E-state index in [1.54, 1.807) is 42.6 Å². The van der Waals surface area contributed by atoms with E-state index in [4.69, 9.17) is 14.6 Å². The number of amides is 1. The Balaban J connectivity index is 0.000000396. The number of carbonyl (C=O) groups excluding carboxylic acids is 1. The molecule has 1 aromatic heterocycles. The van der Waals surface area contributed by atoms with E-state index in [2.05, 4.69) is 4.98 Å². The van der Waals surface area contributed by atoms with Gasteiger partial charge in [-0.1, -0.05) is 42.5 Å². The van der Waals surface area contributed by atoms with Crippen LogP contribution in [0, 0.1) is 5.82 Å². The van der Waals surface area contributed by atoms with Gasteiger partial charge in [0.2, 0.25) is 0 Å². The summed E-state index contributed by atoms with van der Waals surface area (Å²) < 4.78 is 22.7. The van der Waals surface area contributed by atoms with Crippen molar-refractivity contribution < 1.29 is 23.8 Å². The number of benzene rings is 2. The van der Waals surface area contributed by atoms with Crippen LogP contribution in [0.25, 0.3) is 11.1 Å². The summed E-state index contributed by atoms with van der Waals surface area (Å²) in [6.07, 6.45) is 5.28. The summed E-state index contributed by atoms with van der Waals surface area (Å²) in [5.41, 5.74) is 3.08. The number of nitrogens with zero attached hydrogens (tertiary/aromatic N) is 2. The molecule has 180 valence electrons. The Bertz CT molecular complexity index is 1030. The maximum Gasteiger partial charge on any atom is 0.410 e. The zero-order chi connectivity index (χ0) is 24.3. The van der Waals surface area contributed by atoms with Crippen molar-refractivity contribution in [2.45, 2.75) is 38.3 Å². The number of hydrogen-bond donors (Lipinski definition) is 1. The van der Waals surface area contributed by atoms with Crippen molar-refractivity contribution in [2.24, 2.45) is 0 Å². The molecule has 2 atom stereocenters. The number of aromatic nitrogens is 1. The molecule has 2 heterocycles. The highest BCUT2D eigenvalue weighted by Gasteiger charge is 2.30. The monoisotopic (exact) mass is 466 g/mol. The molecule has 1 N–H and O–H groups in total. The molecule has 1 amide bonds. The largest absolute Gasteiger partial charge is 0.495 e. The van der Waals surface area contributed by atoms with E-state index in [0.717, 1.165) is 28.9 Å². The molecule has 0 radical (unpaired) electrons. The molecule has 1 fully saturated rings. The number of aliphatic hydroxyl groups is 1. The number of hydrogen-bond acceptors (Lipinski definition) is 5. The maximum absolute atomic E-state index is 12.4. The van der Waals surface area contributed by atoms with Crippen molar-refractivity contribution in [3.05, 3.63) is 84.4 Å². The summed E-state index contributed by atoms with van der Waals surface area (Å²) in [7, 11) is 1.62. The van der Waals surface area contributed by atoms with E-state index in [0.29, 0.717) is 19.4 Å². The van der Waals surface area contributed by atoms with Crippen LogP contribution in [-0.4, -0.2) is 47.4 Å². The number of halogens is 1. The van der Waals surface area contributed by atoms with Crippen LogP contribution in [0.4, 0.5) is 9.18 Å². The molecule has 3 aromatic rings. The number of methoxy groups -OCH3 is 1. The molecule has 1 aliphatic rings. The van der Waals surface area contributed by atoms with Gasteiger partial charge < -0.3 is 19.5 Å². The lowest BCUT2D eigenvalue weighted by Crippen LogP contribution is -2.43. The van der Waals surface area contributed by atoms with Gasteiger partial charge >= 0.3 is 6.09 Å². The summed E-state index contributed by atoms with van der Waals surface area (Å²) in [6.45, 7) is 2.80. The number of pyridine rings is 1. The Morgan fingerprint density at radius 3 is 2.47 bits per heavy atom. The zero-order valence-electron chi connectivity index (χ0n) is 19.6. The van der Waals surface area contributed by atoms with Crippen LogP contribution in [0.1, 0.15) is 37.8 Å². The number of cyclic esters (lactones) is 1. The summed E-state index contributed by atoms with van der Waals surface area (Å²) in [4.78, 5) is 18.3. The zero-order valence-corrected chi connectivity index (χ0v) is 19.6. The second-order valence-electron chi connectivity index (χ2n) is 8.06. The fourth-order valence-corrected chi connectivity index (χ4v) is 3.75. The predicted octanol–water partition coefficient (Wildman–Crippen LogP) is 5.63. The van der Waals surface area contributed by atoms with E-state index >= 15 is 0 Å². The lowest BCUT2D eigenvalue weighted by Gasteiger charge is -2.35. The van der Waals surface area contributed by atoms with Crippen molar-refractivity contribution in [2.75, 3.05) is 20.3 Å². The van der Waals surface area contributed by atoms with Crippen molar-refractivity contribution in [1.82, 2.24) is 9.88 Å². The average Bonchev–Trinajstić information content (AvgIpc) is 2.88. The van der Waals surface area contributed by atoms with Crippen LogP contribution in [0.3, 0.4) is 0 Å². The second kappa shape index (κ2) is 12.7. The minimum atomic E-state index is -0.280. The Hall–Kier alpha value is -3.45. The van der Waals surface area contributed by atoms with Gasteiger partial charge in [-0.3, -0.25) is 4.98 Å². The molecule has 0 spiro atoms. The van der Waals surface area contributed by atoms with Gasteiger partial charge in [0.25, 0.3) is 0 Å². The molecule has 0 aliphatic carbocycles. The van der Waals surface area contributed by atoms with Crippen molar-refractivity contribution >= 4 is 6.09 Å². The fourth-order valence-electron chi connectivity index (χ4n) is 3.75. The Morgan fingerprint density at radius 1 is 1.15 bits per heavy atom. The van der Waals surface area contributed by atoms with Crippen molar-refractivity contribution in [3.8, 4) is 16.9 Å². The third-order valence-electron chi connectivity index (χ3n) is 5.75. The van der Waals surface area contributed by atoms with Gasteiger partial charge in [-0.25, -0.2) is 9.18 Å². The normalized spacial score (nSPS) is 16.2. The summed E-state index contributed by atoms with van der Waals surface area (Å²) in [5, 5.41) is 8.92. The average molecular weight is 467 g/mol. The summed E-state index contributed by atoms with van der Waals surface area (Å²) in [6, 6.07) is 17.9. The third kappa shape index (κ3) is 7.02. The van der Waals surface area contributed by atoms with Crippen LogP contribution < -0.4 is 4.74 Å². The molecule has 2 aromatic carbocycles. The molecule has 4 rings (SSSR count). The molecular weight excluding hydrogens is 435 g/mol. The predicted molar refractivity (Wildman–Crippen MR) is 129 cm³/mol. The SMILES string of the molecule is COc1cncc(-c2ccc(C(C)N3CCC(CCCO)OC3=O)cc2)c1.Fc1ccccc1. The van der Waals surface area contributed by atoms with Gasteiger partial charge in [-0.05, 0) is 49.1 Å². The van der Waals surface area contributed by atoms with E-state index in [9.17, 15) is 9.18 Å². The van der Waals surface area contributed by atoms with E-state index < -0.39 is 0 Å². The van der Waals surface area contributed by atoms with Crippen LogP contribution >= 0.6 is 0 Å². The molecule has 6 nitrogen and oxygen atoms in total. The minimum Gasteiger partial charge on any atom is -0.495 e. The summed E-state index contributed by atoms with van der Waals surface area (Å²) >= 11 is 0. The first-order chi connectivity index (χ1) is 16.5. The number of aliphatic hydroxyl groups excluding tert-OH is 1. The quantitative estimate of drug-likeness (QED) is 0.489. The molecule has 2 unspecified atom stereocenters. The smallest absolute Gasteiger partial charge is 0.410 e. The van der Waals surface area contributed by atoms with Gasteiger partial charge in [0.05, 0.1) is 19.3 Å². The van der Waals surface area contributed by atoms with E-state index in [1.165, 1.54) is 12.1 Å². The molecule has 34 heavy (non-hydrogen) atoms. The maximum atomic E-state index is 12.4. The second-order valence-corrected chi connectivity index (χ2v) is 8.06. The molecule has 0 saturated carbocycles. The summed E-state index contributed by atoms with van der Waals surface area (Å²) in [5.74, 6) is 0.541. The lowest BCUT2D eigenvalue weighted by molar-refractivity contribution is 0.00760. The van der Waals surface area contributed by atoms with Crippen LogP contribution in [0.5, 0.6) is 5.75 Å². The minimum absolute atomic E-state index is 0.0613. The molecule has 1 aliphatic heterocycles. The van der Waals surface area contributed by atoms with Gasteiger partial charge in [0, 0.05) is 31.3 Å². The first-order valence-corrected chi connectivity index (χ1v) is 11.4. The van der Waals surface area contributed by atoms with Crippen molar-refractivity contribution in [1.29, 1.82) is 0 Å².